The molecule has 1 atom stereocenters. The van der Waals surface area contributed by atoms with Crippen molar-refractivity contribution in [3.8, 4) is 0 Å². The van der Waals surface area contributed by atoms with Crippen molar-refractivity contribution in [2.75, 3.05) is 5.32 Å². The summed E-state index contributed by atoms with van der Waals surface area (Å²) in [6.07, 6.45) is 2.69. The number of benzene rings is 1. The fourth-order valence-corrected chi connectivity index (χ4v) is 2.19. The molecule has 2 nitrogen and oxygen atoms in total. The quantitative estimate of drug-likeness (QED) is 0.866. The summed E-state index contributed by atoms with van der Waals surface area (Å²) in [7, 11) is 0. The van der Waals surface area contributed by atoms with Crippen LogP contribution >= 0.6 is 15.9 Å². The molecule has 17 heavy (non-hydrogen) atoms. The molecule has 1 aromatic carbocycles. The highest BCUT2D eigenvalue weighted by Gasteiger charge is 2.13. The van der Waals surface area contributed by atoms with E-state index < -0.39 is 0 Å². The summed E-state index contributed by atoms with van der Waals surface area (Å²) in [5.41, 5.74) is 2.33. The van der Waals surface area contributed by atoms with Crippen molar-refractivity contribution >= 4 is 21.6 Å². The Labute approximate surface area is 110 Å². The van der Waals surface area contributed by atoms with Crippen molar-refractivity contribution in [2.45, 2.75) is 26.3 Å². The summed E-state index contributed by atoms with van der Waals surface area (Å²) in [4.78, 5) is 0. The molecule has 2 aromatic rings. The van der Waals surface area contributed by atoms with Crippen molar-refractivity contribution in [3.63, 3.8) is 0 Å². The third-order valence-electron chi connectivity index (χ3n) is 2.82. The van der Waals surface area contributed by atoms with Gasteiger partial charge in [-0.2, -0.15) is 0 Å². The Kier molecular flexibility index (Phi) is 3.89. The van der Waals surface area contributed by atoms with Crippen LogP contribution in [0, 0.1) is 6.92 Å². The van der Waals surface area contributed by atoms with Gasteiger partial charge in [-0.3, -0.25) is 0 Å². The van der Waals surface area contributed by atoms with Gasteiger partial charge in [0.25, 0.3) is 0 Å². The molecule has 0 saturated heterocycles. The van der Waals surface area contributed by atoms with Gasteiger partial charge in [-0.05, 0) is 53.0 Å². The molecule has 0 spiro atoms. The van der Waals surface area contributed by atoms with E-state index in [4.69, 9.17) is 4.42 Å². The largest absolute Gasteiger partial charge is 0.467 e. The number of aryl methyl sites for hydroxylation is 1. The second-order valence-corrected chi connectivity index (χ2v) is 4.85. The Morgan fingerprint density at radius 3 is 2.76 bits per heavy atom. The van der Waals surface area contributed by atoms with Gasteiger partial charge >= 0.3 is 0 Å². The van der Waals surface area contributed by atoms with Gasteiger partial charge in [0.05, 0.1) is 12.3 Å². The summed E-state index contributed by atoms with van der Waals surface area (Å²) in [6.45, 7) is 4.23. The van der Waals surface area contributed by atoms with E-state index >= 15 is 0 Å². The van der Waals surface area contributed by atoms with Crippen LogP contribution in [0.2, 0.25) is 0 Å². The summed E-state index contributed by atoms with van der Waals surface area (Å²) in [5.74, 6) is 0.973. The Balaban J connectivity index is 2.22. The maximum absolute atomic E-state index is 5.45. The van der Waals surface area contributed by atoms with Crippen LogP contribution in [0.1, 0.15) is 30.7 Å². The van der Waals surface area contributed by atoms with Gasteiger partial charge in [-0.15, -0.1) is 0 Å². The van der Waals surface area contributed by atoms with Gasteiger partial charge in [-0.1, -0.05) is 19.1 Å². The Bertz CT molecular complexity index is 479. The van der Waals surface area contributed by atoms with Crippen molar-refractivity contribution in [1.29, 1.82) is 0 Å². The van der Waals surface area contributed by atoms with Crippen molar-refractivity contribution < 1.29 is 4.42 Å². The number of halogens is 1. The molecular weight excluding hydrogens is 278 g/mol. The first-order valence-corrected chi connectivity index (χ1v) is 6.56. The Morgan fingerprint density at radius 2 is 2.12 bits per heavy atom. The summed E-state index contributed by atoms with van der Waals surface area (Å²) in [5, 5.41) is 3.50. The number of hydrogen-bond donors (Lipinski definition) is 1. The minimum atomic E-state index is 0.211. The summed E-state index contributed by atoms with van der Waals surface area (Å²) >= 11 is 3.61. The molecule has 90 valence electrons. The molecule has 1 aromatic heterocycles. The van der Waals surface area contributed by atoms with Crippen LogP contribution in [0.3, 0.4) is 0 Å². The predicted octanol–water partition coefficient (Wildman–Crippen LogP) is 4.91. The standard InChI is InChI=1S/C14H16BrNO/c1-3-11(13-8-5-9-17-13)16-12-7-4-6-10(2)14(12)15/h4-9,11,16H,3H2,1-2H3. The van der Waals surface area contributed by atoms with Gasteiger partial charge in [0.2, 0.25) is 0 Å². The van der Waals surface area contributed by atoms with Crippen LogP contribution in [0.15, 0.2) is 45.5 Å². The van der Waals surface area contributed by atoms with E-state index in [-0.39, 0.29) is 6.04 Å². The van der Waals surface area contributed by atoms with Crippen molar-refractivity contribution in [2.24, 2.45) is 0 Å². The van der Waals surface area contributed by atoms with E-state index in [1.165, 1.54) is 5.56 Å². The average molecular weight is 294 g/mol. The first-order valence-electron chi connectivity index (χ1n) is 5.77. The first kappa shape index (κ1) is 12.2. The Morgan fingerprint density at radius 1 is 1.29 bits per heavy atom. The van der Waals surface area contributed by atoms with Gasteiger partial charge in [0, 0.05) is 10.2 Å². The summed E-state index contributed by atoms with van der Waals surface area (Å²) < 4.78 is 6.57. The topological polar surface area (TPSA) is 25.2 Å². The molecule has 0 saturated carbocycles. The average Bonchev–Trinajstić information content (AvgIpc) is 2.85. The molecule has 0 amide bonds. The highest BCUT2D eigenvalue weighted by molar-refractivity contribution is 9.10. The third-order valence-corrected chi connectivity index (χ3v) is 3.87. The van der Waals surface area contributed by atoms with Crippen LogP contribution in [0.4, 0.5) is 5.69 Å². The molecule has 1 heterocycles. The van der Waals surface area contributed by atoms with Crippen LogP contribution in [-0.4, -0.2) is 0 Å². The maximum Gasteiger partial charge on any atom is 0.125 e. The van der Waals surface area contributed by atoms with Gasteiger partial charge < -0.3 is 9.73 Å². The van der Waals surface area contributed by atoms with E-state index in [0.29, 0.717) is 0 Å². The van der Waals surface area contributed by atoms with E-state index in [0.717, 1.165) is 22.3 Å². The molecule has 1 N–H and O–H groups in total. The third kappa shape index (κ3) is 2.72. The lowest BCUT2D eigenvalue weighted by atomic mass is 10.1. The van der Waals surface area contributed by atoms with E-state index in [1.54, 1.807) is 6.26 Å². The van der Waals surface area contributed by atoms with E-state index in [1.807, 2.05) is 12.1 Å². The molecular formula is C14H16BrNO. The maximum atomic E-state index is 5.45. The minimum Gasteiger partial charge on any atom is -0.467 e. The zero-order valence-corrected chi connectivity index (χ0v) is 11.6. The second-order valence-electron chi connectivity index (χ2n) is 4.06. The van der Waals surface area contributed by atoms with E-state index in [9.17, 15) is 0 Å². The number of anilines is 1. The van der Waals surface area contributed by atoms with Gasteiger partial charge in [0.15, 0.2) is 0 Å². The smallest absolute Gasteiger partial charge is 0.125 e. The Hall–Kier alpha value is -1.22. The van der Waals surface area contributed by atoms with Crippen LogP contribution in [-0.2, 0) is 0 Å². The zero-order valence-electron chi connectivity index (χ0n) is 10.0. The molecule has 0 bridgehead atoms. The first-order chi connectivity index (χ1) is 8.22. The molecule has 0 aliphatic rings. The fourth-order valence-electron chi connectivity index (χ4n) is 1.81. The highest BCUT2D eigenvalue weighted by Crippen LogP contribution is 2.30. The zero-order chi connectivity index (χ0) is 12.3. The summed E-state index contributed by atoms with van der Waals surface area (Å²) in [6, 6.07) is 10.3. The predicted molar refractivity (Wildman–Crippen MR) is 74.2 cm³/mol. The lowest BCUT2D eigenvalue weighted by Gasteiger charge is -2.17. The number of furan rings is 1. The molecule has 3 heteroatoms. The van der Waals surface area contributed by atoms with Crippen LogP contribution in [0.25, 0.3) is 0 Å². The second kappa shape index (κ2) is 5.41. The highest BCUT2D eigenvalue weighted by atomic mass is 79.9. The molecule has 0 aliphatic carbocycles. The number of rotatable bonds is 4. The molecule has 1 unspecified atom stereocenters. The SMILES string of the molecule is CCC(Nc1cccc(C)c1Br)c1ccco1. The molecule has 0 aliphatic heterocycles. The monoisotopic (exact) mass is 293 g/mol. The molecule has 0 radical (unpaired) electrons. The number of hydrogen-bond acceptors (Lipinski definition) is 2. The van der Waals surface area contributed by atoms with Crippen LogP contribution < -0.4 is 5.32 Å². The fraction of sp³-hybridized carbons (Fsp3) is 0.286. The lowest BCUT2D eigenvalue weighted by molar-refractivity contribution is 0.474. The normalized spacial score (nSPS) is 12.4. The van der Waals surface area contributed by atoms with Gasteiger partial charge in [0.1, 0.15) is 5.76 Å². The lowest BCUT2D eigenvalue weighted by Crippen LogP contribution is -2.09. The molecule has 2 rings (SSSR count). The molecule has 0 fully saturated rings. The minimum absolute atomic E-state index is 0.211. The van der Waals surface area contributed by atoms with Crippen molar-refractivity contribution in [1.82, 2.24) is 0 Å². The van der Waals surface area contributed by atoms with E-state index in [2.05, 4.69) is 53.3 Å². The van der Waals surface area contributed by atoms with Gasteiger partial charge in [-0.25, -0.2) is 0 Å². The number of nitrogens with one attached hydrogen (secondary N) is 1. The van der Waals surface area contributed by atoms with Crippen LogP contribution in [0.5, 0.6) is 0 Å². The van der Waals surface area contributed by atoms with Crippen molar-refractivity contribution in [3.05, 3.63) is 52.4 Å².